The monoisotopic (exact) mass is 309 g/mol. The van der Waals surface area contributed by atoms with Gasteiger partial charge in [0.25, 0.3) is 0 Å². The first-order chi connectivity index (χ1) is 10.8. The summed E-state index contributed by atoms with van der Waals surface area (Å²) in [5.41, 5.74) is 1.10. The van der Waals surface area contributed by atoms with Crippen molar-refractivity contribution in [3.8, 4) is 11.8 Å². The van der Waals surface area contributed by atoms with Crippen molar-refractivity contribution in [1.29, 1.82) is 0 Å². The summed E-state index contributed by atoms with van der Waals surface area (Å²) in [5, 5.41) is 2.43. The molecule has 1 nitrogen and oxygen atoms in total. The Hall–Kier alpha value is -2.11. The zero-order valence-corrected chi connectivity index (χ0v) is 14.4. The number of halogens is 1. The van der Waals surface area contributed by atoms with Crippen molar-refractivity contribution in [1.82, 2.24) is 4.90 Å². The van der Waals surface area contributed by atoms with Gasteiger partial charge in [-0.1, -0.05) is 54.3 Å². The van der Waals surface area contributed by atoms with E-state index in [2.05, 4.69) is 36.1 Å². The van der Waals surface area contributed by atoms with E-state index < -0.39 is 0 Å². The minimum atomic E-state index is -0.204. The van der Waals surface area contributed by atoms with Crippen molar-refractivity contribution in [2.24, 2.45) is 5.41 Å². The van der Waals surface area contributed by atoms with Crippen LogP contribution in [0.4, 0.5) is 4.39 Å². The van der Waals surface area contributed by atoms with Gasteiger partial charge in [0, 0.05) is 18.0 Å². The number of nitrogens with zero attached hydrogens (tertiary/aromatic N) is 1. The molecule has 2 aromatic rings. The van der Waals surface area contributed by atoms with Gasteiger partial charge in [0.2, 0.25) is 0 Å². The maximum Gasteiger partial charge on any atom is 0.122 e. The van der Waals surface area contributed by atoms with Crippen LogP contribution in [0.25, 0.3) is 10.8 Å². The molecule has 0 heterocycles. The number of allylic oxidation sites excluding steroid dienone is 1. The molecule has 0 amide bonds. The number of fused-ring (bicyclic) bond motifs is 1. The van der Waals surface area contributed by atoms with Gasteiger partial charge in [0.1, 0.15) is 5.83 Å². The maximum absolute atomic E-state index is 14.0. The predicted molar refractivity (Wildman–Crippen MR) is 96.7 cm³/mol. The molecular formula is C21H24FN. The lowest BCUT2D eigenvalue weighted by molar-refractivity contribution is 0.329. The third-order valence-corrected chi connectivity index (χ3v) is 3.42. The van der Waals surface area contributed by atoms with Gasteiger partial charge in [-0.2, -0.15) is 0 Å². The Morgan fingerprint density at radius 3 is 2.57 bits per heavy atom. The minimum Gasteiger partial charge on any atom is -0.295 e. The molecule has 23 heavy (non-hydrogen) atoms. The van der Waals surface area contributed by atoms with Crippen molar-refractivity contribution in [3.63, 3.8) is 0 Å². The first-order valence-electron chi connectivity index (χ1n) is 7.87. The van der Waals surface area contributed by atoms with Crippen molar-refractivity contribution >= 4 is 10.8 Å². The van der Waals surface area contributed by atoms with Crippen LogP contribution in [-0.2, 0) is 6.54 Å². The summed E-state index contributed by atoms with van der Waals surface area (Å²) < 4.78 is 14.0. The van der Waals surface area contributed by atoms with Crippen molar-refractivity contribution in [2.75, 3.05) is 13.6 Å². The van der Waals surface area contributed by atoms with Gasteiger partial charge in [-0.3, -0.25) is 4.90 Å². The third kappa shape index (κ3) is 5.54. The van der Waals surface area contributed by atoms with E-state index in [0.29, 0.717) is 6.54 Å². The Balaban J connectivity index is 2.05. The summed E-state index contributed by atoms with van der Waals surface area (Å²) in [7, 11) is 1.92. The highest BCUT2D eigenvalue weighted by Gasteiger charge is 2.07. The molecule has 0 aromatic heterocycles. The van der Waals surface area contributed by atoms with Crippen LogP contribution in [0, 0.1) is 17.3 Å². The van der Waals surface area contributed by atoms with Crippen LogP contribution in [0.2, 0.25) is 0 Å². The van der Waals surface area contributed by atoms with E-state index in [1.54, 1.807) is 0 Å². The number of benzene rings is 2. The highest BCUT2D eigenvalue weighted by Crippen LogP contribution is 2.20. The van der Waals surface area contributed by atoms with Crippen LogP contribution in [0.5, 0.6) is 0 Å². The number of hydrogen-bond acceptors (Lipinski definition) is 1. The molecule has 2 aromatic carbocycles. The zero-order chi connectivity index (χ0) is 16.9. The number of rotatable bonds is 4. The lowest BCUT2D eigenvalue weighted by atomic mass is 9.98. The number of likely N-dealkylation sites (N-methyl/N-ethyl adjacent to an activating group) is 1. The summed E-state index contributed by atoms with van der Waals surface area (Å²) in [4.78, 5) is 1.96. The molecule has 0 atom stereocenters. The molecule has 0 bridgehead atoms. The fraction of sp³-hybridized carbons (Fsp3) is 0.333. The summed E-state index contributed by atoms with van der Waals surface area (Å²) in [6.45, 7) is 7.01. The lowest BCUT2D eigenvalue weighted by Crippen LogP contribution is -2.19. The van der Waals surface area contributed by atoms with E-state index in [1.807, 2.05) is 50.9 Å². The average molecular weight is 309 g/mol. The van der Waals surface area contributed by atoms with Crippen LogP contribution in [-0.4, -0.2) is 18.5 Å². The smallest absolute Gasteiger partial charge is 0.122 e. The van der Waals surface area contributed by atoms with Crippen molar-refractivity contribution < 1.29 is 4.39 Å². The molecule has 0 saturated heterocycles. The summed E-state index contributed by atoms with van der Waals surface area (Å²) in [6.07, 6.45) is 1.38. The summed E-state index contributed by atoms with van der Waals surface area (Å²) >= 11 is 0. The molecule has 0 spiro atoms. The quantitative estimate of drug-likeness (QED) is 0.704. The van der Waals surface area contributed by atoms with Crippen molar-refractivity contribution in [3.05, 3.63) is 59.9 Å². The van der Waals surface area contributed by atoms with Crippen LogP contribution in [0.3, 0.4) is 0 Å². The van der Waals surface area contributed by atoms with E-state index >= 15 is 0 Å². The molecule has 0 aliphatic rings. The summed E-state index contributed by atoms with van der Waals surface area (Å²) in [6, 6.07) is 14.5. The second-order valence-electron chi connectivity index (χ2n) is 6.92. The molecule has 2 heteroatoms. The van der Waals surface area contributed by atoms with Gasteiger partial charge in [-0.05, 0) is 44.2 Å². The standard InChI is InChI=1S/C21H24FN/c1-21(2,3)14-8-12-19(22)16-23(4)15-18-11-7-10-17-9-5-6-13-20(17)18/h5-7,9-13H,15-16H2,1-4H3. The van der Waals surface area contributed by atoms with Crippen LogP contribution < -0.4 is 0 Å². The molecule has 0 saturated carbocycles. The van der Waals surface area contributed by atoms with E-state index in [9.17, 15) is 4.39 Å². The zero-order valence-electron chi connectivity index (χ0n) is 14.4. The lowest BCUT2D eigenvalue weighted by Gasteiger charge is -2.16. The first kappa shape index (κ1) is 17.2. The molecule has 120 valence electrons. The third-order valence-electron chi connectivity index (χ3n) is 3.42. The normalized spacial score (nSPS) is 12.3. The molecule has 2 rings (SSSR count). The summed E-state index contributed by atoms with van der Waals surface area (Å²) in [5.74, 6) is 5.62. The molecule has 0 radical (unpaired) electrons. The van der Waals surface area contributed by atoms with Gasteiger partial charge in [0.05, 0.1) is 6.54 Å². The van der Waals surface area contributed by atoms with Crippen molar-refractivity contribution in [2.45, 2.75) is 27.3 Å². The van der Waals surface area contributed by atoms with Gasteiger partial charge >= 0.3 is 0 Å². The highest BCUT2D eigenvalue weighted by molar-refractivity contribution is 5.85. The fourth-order valence-corrected chi connectivity index (χ4v) is 2.41. The minimum absolute atomic E-state index is 0.106. The second-order valence-corrected chi connectivity index (χ2v) is 6.92. The van der Waals surface area contributed by atoms with Crippen LogP contribution >= 0.6 is 0 Å². The van der Waals surface area contributed by atoms with E-state index in [-0.39, 0.29) is 17.8 Å². The second kappa shape index (κ2) is 7.44. The van der Waals surface area contributed by atoms with E-state index in [1.165, 1.54) is 22.4 Å². The van der Waals surface area contributed by atoms with Gasteiger partial charge in [-0.25, -0.2) is 4.39 Å². The Bertz CT molecular complexity index is 751. The average Bonchev–Trinajstić information content (AvgIpc) is 2.46. The molecule has 0 aliphatic carbocycles. The molecule has 0 fully saturated rings. The first-order valence-corrected chi connectivity index (χ1v) is 7.87. The van der Waals surface area contributed by atoms with E-state index in [0.717, 1.165) is 0 Å². The fourth-order valence-electron chi connectivity index (χ4n) is 2.41. The van der Waals surface area contributed by atoms with Crippen LogP contribution in [0.15, 0.2) is 54.4 Å². The topological polar surface area (TPSA) is 3.24 Å². The molecule has 0 aliphatic heterocycles. The van der Waals surface area contributed by atoms with Gasteiger partial charge in [-0.15, -0.1) is 0 Å². The Morgan fingerprint density at radius 2 is 1.83 bits per heavy atom. The largest absolute Gasteiger partial charge is 0.295 e. The predicted octanol–water partition coefficient (Wildman–Crippen LogP) is 5.17. The molecule has 0 N–H and O–H groups in total. The SMILES string of the molecule is CN(CC(F)=CC#CC(C)(C)C)Cc1cccc2ccccc12. The highest BCUT2D eigenvalue weighted by atomic mass is 19.1. The number of hydrogen-bond donors (Lipinski definition) is 0. The van der Waals surface area contributed by atoms with E-state index in [4.69, 9.17) is 0 Å². The van der Waals surface area contributed by atoms with Crippen LogP contribution in [0.1, 0.15) is 26.3 Å². The molecule has 0 unspecified atom stereocenters. The Morgan fingerprint density at radius 1 is 1.13 bits per heavy atom. The van der Waals surface area contributed by atoms with Gasteiger partial charge in [0.15, 0.2) is 0 Å². The molecular weight excluding hydrogens is 285 g/mol. The maximum atomic E-state index is 14.0. The van der Waals surface area contributed by atoms with Gasteiger partial charge < -0.3 is 0 Å². The Labute approximate surface area is 138 Å². The Kier molecular flexibility index (Phi) is 5.58.